The van der Waals surface area contributed by atoms with E-state index in [0.29, 0.717) is 0 Å². The Morgan fingerprint density at radius 2 is 1.75 bits per heavy atom. The first kappa shape index (κ1) is 11.9. The van der Waals surface area contributed by atoms with E-state index in [1.165, 1.54) is 15.7 Å². The highest BCUT2D eigenvalue weighted by Crippen LogP contribution is 2.34. The zero-order chi connectivity index (χ0) is 11.6. The lowest BCUT2D eigenvalue weighted by Gasteiger charge is -2.03. The van der Waals surface area contributed by atoms with Crippen LogP contribution in [0, 0.1) is 43.1 Å². The summed E-state index contributed by atoms with van der Waals surface area (Å²) in [4.78, 5) is 2.49. The molecule has 0 bridgehead atoms. The Balaban J connectivity index is 2.09. The molecule has 0 atom stereocenters. The first-order valence-corrected chi connectivity index (χ1v) is 9.71. The summed E-state index contributed by atoms with van der Waals surface area (Å²) in [7, 11) is -1.25. The summed E-state index contributed by atoms with van der Waals surface area (Å²) in [5.41, 5.74) is 3.40. The van der Waals surface area contributed by atoms with Gasteiger partial charge in [-0.15, -0.1) is 16.9 Å². The molecule has 1 saturated carbocycles. The third-order valence-electron chi connectivity index (χ3n) is 2.11. The third-order valence-corrected chi connectivity index (χ3v) is 4.04. The van der Waals surface area contributed by atoms with Gasteiger partial charge in [-0.05, 0) is 37.8 Å². The van der Waals surface area contributed by atoms with Gasteiger partial charge in [0, 0.05) is 10.8 Å². The normalized spacial score (nSPS) is 17.2. The Bertz CT molecular complexity index is 408. The fourth-order valence-electron chi connectivity index (χ4n) is 1.35. The van der Waals surface area contributed by atoms with Crippen LogP contribution >= 0.6 is 11.3 Å². The van der Waals surface area contributed by atoms with Gasteiger partial charge in [0.05, 0.1) is 4.88 Å². The highest BCUT2D eigenvalue weighted by molar-refractivity contribution is 7.13. The summed E-state index contributed by atoms with van der Waals surface area (Å²) < 4.78 is 0. The van der Waals surface area contributed by atoms with Crippen LogP contribution in [-0.4, -0.2) is 8.07 Å². The predicted molar refractivity (Wildman–Crippen MR) is 74.1 cm³/mol. The average molecular weight is 243 g/mol. The molecule has 1 aliphatic rings. The highest BCUT2D eigenvalue weighted by Gasteiger charge is 2.20. The van der Waals surface area contributed by atoms with Crippen molar-refractivity contribution in [2.24, 2.45) is 0 Å². The molecule has 1 aromatic rings. The minimum atomic E-state index is -1.25. The topological polar surface area (TPSA) is 0 Å². The molecule has 5 radical (unpaired) electrons. The van der Waals surface area contributed by atoms with Crippen LogP contribution in [0.2, 0.25) is 19.6 Å². The van der Waals surface area contributed by atoms with E-state index in [4.69, 9.17) is 0 Å². The minimum absolute atomic E-state index is 1.18. The summed E-state index contributed by atoms with van der Waals surface area (Å²) in [5, 5.41) is 0. The summed E-state index contributed by atoms with van der Waals surface area (Å²) in [6.45, 7) is 6.81. The largest absolute Gasteiger partial charge is 0.131 e. The molecule has 0 aliphatic heterocycles. The van der Waals surface area contributed by atoms with Crippen molar-refractivity contribution in [3.63, 3.8) is 0 Å². The molecule has 0 aromatic carbocycles. The van der Waals surface area contributed by atoms with E-state index in [-0.39, 0.29) is 0 Å². The lowest BCUT2D eigenvalue weighted by molar-refractivity contribution is 1.35. The standard InChI is InChI=1S/C14H15SSi/c1-16(2,3)11-10-13-8-9-14(15-13)12-6-4-5-7-12/h4-9H,1-3H3. The minimum Gasteiger partial charge on any atom is -0.131 e. The van der Waals surface area contributed by atoms with Gasteiger partial charge in [0.2, 0.25) is 0 Å². The lowest BCUT2D eigenvalue weighted by Crippen LogP contribution is -2.16. The van der Waals surface area contributed by atoms with Gasteiger partial charge in [-0.1, -0.05) is 25.6 Å². The number of hydrogen-bond donors (Lipinski definition) is 0. The van der Waals surface area contributed by atoms with Gasteiger partial charge in [0.1, 0.15) is 8.07 Å². The molecule has 0 amide bonds. The van der Waals surface area contributed by atoms with Crippen LogP contribution in [-0.2, 0) is 0 Å². The summed E-state index contributed by atoms with van der Waals surface area (Å²) in [5.74, 6) is 4.59. The van der Waals surface area contributed by atoms with Gasteiger partial charge in [0.25, 0.3) is 0 Å². The summed E-state index contributed by atoms with van der Waals surface area (Å²) >= 11 is 1.78. The smallest absolute Gasteiger partial charge is 0.129 e. The number of rotatable bonds is 1. The van der Waals surface area contributed by atoms with Crippen LogP contribution in [0.25, 0.3) is 0 Å². The van der Waals surface area contributed by atoms with Gasteiger partial charge < -0.3 is 0 Å². The molecule has 0 N–H and O–H groups in total. The monoisotopic (exact) mass is 243 g/mol. The maximum Gasteiger partial charge on any atom is 0.129 e. The molecule has 0 spiro atoms. The van der Waals surface area contributed by atoms with Crippen LogP contribution in [0.15, 0.2) is 12.1 Å². The maximum atomic E-state index is 3.40. The molecule has 1 fully saturated rings. The van der Waals surface area contributed by atoms with Crippen LogP contribution in [0.5, 0.6) is 0 Å². The van der Waals surface area contributed by atoms with Crippen LogP contribution in [0.4, 0.5) is 0 Å². The van der Waals surface area contributed by atoms with Crippen molar-refractivity contribution in [1.82, 2.24) is 0 Å². The van der Waals surface area contributed by atoms with Crippen molar-refractivity contribution in [3.05, 3.63) is 53.5 Å². The Morgan fingerprint density at radius 1 is 1.06 bits per heavy atom. The van der Waals surface area contributed by atoms with Gasteiger partial charge in [-0.25, -0.2) is 0 Å². The second-order valence-electron chi connectivity index (χ2n) is 4.84. The van der Waals surface area contributed by atoms with Crippen LogP contribution < -0.4 is 0 Å². The Kier molecular flexibility index (Phi) is 3.56. The molecule has 16 heavy (non-hydrogen) atoms. The van der Waals surface area contributed by atoms with Gasteiger partial charge >= 0.3 is 0 Å². The zero-order valence-electron chi connectivity index (χ0n) is 9.87. The second-order valence-corrected chi connectivity index (χ2v) is 10.7. The van der Waals surface area contributed by atoms with E-state index in [1.54, 1.807) is 11.3 Å². The highest BCUT2D eigenvalue weighted by atomic mass is 32.1. The van der Waals surface area contributed by atoms with Crippen molar-refractivity contribution in [2.75, 3.05) is 0 Å². The molecule has 1 aliphatic carbocycles. The molecule has 2 rings (SSSR count). The van der Waals surface area contributed by atoms with Crippen molar-refractivity contribution in [2.45, 2.75) is 19.6 Å². The van der Waals surface area contributed by atoms with E-state index in [0.717, 1.165) is 0 Å². The van der Waals surface area contributed by atoms with E-state index < -0.39 is 8.07 Å². The van der Waals surface area contributed by atoms with E-state index in [2.05, 4.69) is 68.9 Å². The first-order chi connectivity index (χ1) is 7.54. The van der Waals surface area contributed by atoms with Crippen molar-refractivity contribution < 1.29 is 0 Å². The van der Waals surface area contributed by atoms with Crippen LogP contribution in [0.3, 0.4) is 0 Å². The Morgan fingerprint density at radius 3 is 2.38 bits per heavy atom. The maximum absolute atomic E-state index is 3.40. The first-order valence-electron chi connectivity index (χ1n) is 5.40. The quantitative estimate of drug-likeness (QED) is 0.521. The van der Waals surface area contributed by atoms with E-state index >= 15 is 0 Å². The number of thiophene rings is 1. The average Bonchev–Trinajstić information content (AvgIpc) is 2.84. The molecule has 0 unspecified atom stereocenters. The molecule has 2 heteroatoms. The Hall–Kier alpha value is -0.523. The van der Waals surface area contributed by atoms with E-state index in [9.17, 15) is 0 Å². The van der Waals surface area contributed by atoms with Gasteiger partial charge in [-0.3, -0.25) is 0 Å². The summed E-state index contributed by atoms with van der Waals surface area (Å²) in [6.07, 6.45) is 8.42. The SMILES string of the molecule is C[Si](C)(C)C#Cc1ccc([C]2[CH][CH][CH][CH]2)s1. The molecule has 1 heterocycles. The lowest BCUT2D eigenvalue weighted by atomic mass is 10.1. The fourth-order valence-corrected chi connectivity index (χ4v) is 2.81. The Labute approximate surface area is 104 Å². The summed E-state index contributed by atoms with van der Waals surface area (Å²) in [6, 6.07) is 4.29. The fraction of sp³-hybridized carbons (Fsp3) is 0.214. The molecule has 1 aromatic heterocycles. The second kappa shape index (κ2) is 4.77. The van der Waals surface area contributed by atoms with Crippen molar-refractivity contribution >= 4 is 19.4 Å². The molecule has 81 valence electrons. The zero-order valence-corrected chi connectivity index (χ0v) is 11.7. The molecule has 0 nitrogen and oxygen atoms in total. The van der Waals surface area contributed by atoms with Gasteiger partial charge in [0.15, 0.2) is 0 Å². The van der Waals surface area contributed by atoms with Crippen LogP contribution in [0.1, 0.15) is 9.75 Å². The third kappa shape index (κ3) is 3.23. The van der Waals surface area contributed by atoms with Gasteiger partial charge in [-0.2, -0.15) is 0 Å². The predicted octanol–water partition coefficient (Wildman–Crippen LogP) is 3.73. The molecular formula is C14H15SSi. The number of hydrogen-bond acceptors (Lipinski definition) is 1. The molecular weight excluding hydrogens is 228 g/mol. The van der Waals surface area contributed by atoms with Crippen molar-refractivity contribution in [1.29, 1.82) is 0 Å². The molecule has 0 saturated heterocycles. The van der Waals surface area contributed by atoms with E-state index in [1.807, 2.05) is 0 Å². The van der Waals surface area contributed by atoms with Crippen molar-refractivity contribution in [3.8, 4) is 11.5 Å².